The van der Waals surface area contributed by atoms with E-state index < -0.39 is 5.60 Å². The highest BCUT2D eigenvalue weighted by atomic mass is 16.6. The molecule has 7 heteroatoms. The van der Waals surface area contributed by atoms with Crippen LogP contribution in [0.25, 0.3) is 0 Å². The number of amides is 2. The first kappa shape index (κ1) is 26.1. The van der Waals surface area contributed by atoms with Crippen molar-refractivity contribution in [3.63, 3.8) is 0 Å². The predicted molar refractivity (Wildman–Crippen MR) is 129 cm³/mol. The monoisotopic (exact) mass is 446 g/mol. The fraction of sp³-hybridized carbons (Fsp3) is 0.680. The van der Waals surface area contributed by atoms with E-state index in [2.05, 4.69) is 35.9 Å². The van der Waals surface area contributed by atoms with Crippen molar-refractivity contribution < 1.29 is 14.3 Å². The summed E-state index contributed by atoms with van der Waals surface area (Å²) >= 11 is 0. The van der Waals surface area contributed by atoms with Crippen LogP contribution in [0.15, 0.2) is 24.3 Å². The quantitative estimate of drug-likeness (QED) is 0.587. The highest BCUT2D eigenvalue weighted by molar-refractivity contribution is 5.94. The van der Waals surface area contributed by atoms with Crippen molar-refractivity contribution in [3.05, 3.63) is 35.4 Å². The number of carbonyl (C=O) groups excluding carboxylic acids is 2. The Hall–Kier alpha value is -2.12. The molecule has 1 aliphatic heterocycles. The Labute approximate surface area is 194 Å². The van der Waals surface area contributed by atoms with Gasteiger partial charge in [-0.3, -0.25) is 14.6 Å². The zero-order chi connectivity index (χ0) is 23.7. The van der Waals surface area contributed by atoms with Crippen molar-refractivity contribution in [2.45, 2.75) is 66.2 Å². The third-order valence-electron chi connectivity index (χ3n) is 5.70. The number of nitrogens with one attached hydrogen (secondary N) is 1. The van der Waals surface area contributed by atoms with E-state index in [1.165, 1.54) is 5.56 Å². The summed E-state index contributed by atoms with van der Waals surface area (Å²) in [5.41, 5.74) is 1.46. The van der Waals surface area contributed by atoms with Gasteiger partial charge in [-0.2, -0.15) is 0 Å². The van der Waals surface area contributed by atoms with Gasteiger partial charge in [-0.15, -0.1) is 0 Å². The van der Waals surface area contributed by atoms with Gasteiger partial charge in [0.05, 0.1) is 0 Å². The number of carbonyl (C=O) groups is 2. The molecule has 32 heavy (non-hydrogen) atoms. The van der Waals surface area contributed by atoms with Gasteiger partial charge in [0, 0.05) is 50.9 Å². The molecule has 7 nitrogen and oxygen atoms in total. The van der Waals surface area contributed by atoms with Crippen LogP contribution in [0.2, 0.25) is 0 Å². The Morgan fingerprint density at radius 2 is 1.72 bits per heavy atom. The highest BCUT2D eigenvalue weighted by Gasteiger charge is 2.25. The van der Waals surface area contributed by atoms with Crippen molar-refractivity contribution in [1.29, 1.82) is 0 Å². The normalized spacial score (nSPS) is 15.3. The molecule has 2 amide bonds. The Bertz CT molecular complexity index is 720. The predicted octanol–water partition coefficient (Wildman–Crippen LogP) is 3.59. The van der Waals surface area contributed by atoms with Crippen LogP contribution in [0.4, 0.5) is 4.79 Å². The molecule has 0 saturated carbocycles. The van der Waals surface area contributed by atoms with E-state index in [1.54, 1.807) is 4.90 Å². The van der Waals surface area contributed by atoms with E-state index in [1.807, 2.05) is 45.0 Å². The molecule has 0 aromatic heterocycles. The number of hydrogen-bond acceptors (Lipinski definition) is 5. The molecular weight excluding hydrogens is 404 g/mol. The molecule has 1 aromatic carbocycles. The third kappa shape index (κ3) is 8.79. The van der Waals surface area contributed by atoms with Crippen LogP contribution in [0.5, 0.6) is 0 Å². The fourth-order valence-corrected chi connectivity index (χ4v) is 3.74. The van der Waals surface area contributed by atoms with Gasteiger partial charge in [0.2, 0.25) is 0 Å². The van der Waals surface area contributed by atoms with Gasteiger partial charge >= 0.3 is 6.09 Å². The van der Waals surface area contributed by atoms with Crippen LogP contribution in [0.3, 0.4) is 0 Å². The maximum Gasteiger partial charge on any atom is 0.410 e. The lowest BCUT2D eigenvalue weighted by Crippen LogP contribution is -2.50. The minimum atomic E-state index is -0.462. The minimum Gasteiger partial charge on any atom is -0.444 e. The maximum atomic E-state index is 12.4. The first-order chi connectivity index (χ1) is 15.1. The van der Waals surface area contributed by atoms with Crippen molar-refractivity contribution in [3.8, 4) is 0 Å². The number of benzene rings is 1. The van der Waals surface area contributed by atoms with Gasteiger partial charge in [0.1, 0.15) is 5.60 Å². The standard InChI is InChI=1S/C25H42N4O3/c1-7-28(20(2)3)19-21-9-11-22(12-10-21)23(30)26-13-8-14-27-15-17-29(18-16-27)24(31)32-25(4,5)6/h9-12,20H,7-8,13-19H2,1-6H3,(H,26,30). The second-order valence-corrected chi connectivity index (χ2v) is 9.77. The molecule has 1 heterocycles. The topological polar surface area (TPSA) is 65.1 Å². The minimum absolute atomic E-state index is 0.0255. The van der Waals surface area contributed by atoms with Crippen molar-refractivity contribution in [2.24, 2.45) is 0 Å². The smallest absolute Gasteiger partial charge is 0.410 e. The summed E-state index contributed by atoms with van der Waals surface area (Å²) in [6.07, 6.45) is 0.651. The average molecular weight is 447 g/mol. The lowest BCUT2D eigenvalue weighted by molar-refractivity contribution is 0.0144. The van der Waals surface area contributed by atoms with E-state index in [9.17, 15) is 9.59 Å². The van der Waals surface area contributed by atoms with Gasteiger partial charge in [0.15, 0.2) is 0 Å². The largest absolute Gasteiger partial charge is 0.444 e. The van der Waals surface area contributed by atoms with Crippen LogP contribution in [-0.2, 0) is 11.3 Å². The second kappa shape index (κ2) is 12.2. The molecule has 0 radical (unpaired) electrons. The first-order valence-electron chi connectivity index (χ1n) is 11.9. The second-order valence-electron chi connectivity index (χ2n) is 9.77. The summed E-state index contributed by atoms with van der Waals surface area (Å²) in [6, 6.07) is 8.42. The molecule has 0 atom stereocenters. The SMILES string of the molecule is CCN(Cc1ccc(C(=O)NCCCN2CCN(C(=O)OC(C)(C)C)CC2)cc1)C(C)C. The molecule has 1 aromatic rings. The molecule has 1 N–H and O–H groups in total. The van der Waals surface area contributed by atoms with Crippen molar-refractivity contribution >= 4 is 12.0 Å². The fourth-order valence-electron chi connectivity index (χ4n) is 3.74. The summed E-state index contributed by atoms with van der Waals surface area (Å²) in [4.78, 5) is 31.1. The number of nitrogens with zero attached hydrogens (tertiary/aromatic N) is 3. The lowest BCUT2D eigenvalue weighted by Gasteiger charge is -2.35. The van der Waals surface area contributed by atoms with Crippen molar-refractivity contribution in [2.75, 3.05) is 45.8 Å². The molecule has 0 aliphatic carbocycles. The van der Waals surface area contributed by atoms with Crippen LogP contribution in [0, 0.1) is 0 Å². The average Bonchev–Trinajstić information content (AvgIpc) is 2.74. The van der Waals surface area contributed by atoms with E-state index >= 15 is 0 Å². The van der Waals surface area contributed by atoms with Gasteiger partial charge in [-0.25, -0.2) is 4.79 Å². The Morgan fingerprint density at radius 3 is 2.25 bits per heavy atom. The van der Waals surface area contributed by atoms with Gasteiger partial charge in [-0.1, -0.05) is 19.1 Å². The summed E-state index contributed by atoms with van der Waals surface area (Å²) in [5, 5.41) is 3.02. The van der Waals surface area contributed by atoms with E-state index in [0.717, 1.165) is 39.1 Å². The molecule has 1 saturated heterocycles. The molecular formula is C25H42N4O3. The summed E-state index contributed by atoms with van der Waals surface area (Å²) in [5.74, 6) is -0.0255. The molecule has 1 aliphatic rings. The Kier molecular flexibility index (Phi) is 9.97. The third-order valence-corrected chi connectivity index (χ3v) is 5.70. The van der Waals surface area contributed by atoms with Crippen molar-refractivity contribution in [1.82, 2.24) is 20.0 Å². The molecule has 2 rings (SSSR count). The Balaban J connectivity index is 1.66. The van der Waals surface area contributed by atoms with Gasteiger partial charge in [0.25, 0.3) is 5.91 Å². The Morgan fingerprint density at radius 1 is 1.09 bits per heavy atom. The number of piperazine rings is 1. The number of hydrogen-bond donors (Lipinski definition) is 1. The van der Waals surface area contributed by atoms with Crippen LogP contribution in [-0.4, -0.2) is 84.2 Å². The molecule has 1 fully saturated rings. The van der Waals surface area contributed by atoms with E-state index in [0.29, 0.717) is 31.2 Å². The first-order valence-corrected chi connectivity index (χ1v) is 11.9. The van der Waals surface area contributed by atoms with Gasteiger partial charge < -0.3 is 15.0 Å². The highest BCUT2D eigenvalue weighted by Crippen LogP contribution is 2.12. The number of ether oxygens (including phenoxy) is 1. The van der Waals surface area contributed by atoms with E-state index in [-0.39, 0.29) is 12.0 Å². The molecule has 180 valence electrons. The summed E-state index contributed by atoms with van der Waals surface area (Å²) < 4.78 is 5.44. The van der Waals surface area contributed by atoms with Crippen LogP contribution in [0.1, 0.15) is 63.9 Å². The van der Waals surface area contributed by atoms with E-state index in [4.69, 9.17) is 4.74 Å². The zero-order valence-electron chi connectivity index (χ0n) is 20.8. The lowest BCUT2D eigenvalue weighted by atomic mass is 10.1. The number of rotatable bonds is 9. The summed E-state index contributed by atoms with van der Waals surface area (Å²) in [6.45, 7) is 18.7. The molecule has 0 spiro atoms. The van der Waals surface area contributed by atoms with Crippen LogP contribution < -0.4 is 5.32 Å². The molecule has 0 bridgehead atoms. The summed E-state index contributed by atoms with van der Waals surface area (Å²) in [7, 11) is 0. The van der Waals surface area contributed by atoms with Crippen LogP contribution >= 0.6 is 0 Å². The molecule has 0 unspecified atom stereocenters. The maximum absolute atomic E-state index is 12.4. The van der Waals surface area contributed by atoms with Gasteiger partial charge in [-0.05, 0) is 71.8 Å². The zero-order valence-corrected chi connectivity index (χ0v) is 20.8.